The highest BCUT2D eigenvalue weighted by Gasteiger charge is 2.20. The second-order valence-corrected chi connectivity index (χ2v) is 14.9. The average molecular weight is 739 g/mol. The lowest BCUT2D eigenvalue weighted by molar-refractivity contribution is 1.17. The van der Waals surface area contributed by atoms with Crippen molar-refractivity contribution in [3.63, 3.8) is 0 Å². The molecule has 0 aliphatic heterocycles. The number of aromatic nitrogens is 1. The Kier molecular flexibility index (Phi) is 8.19. The fourth-order valence-corrected chi connectivity index (χ4v) is 9.06. The summed E-state index contributed by atoms with van der Waals surface area (Å²) in [6.07, 6.45) is 0. The van der Waals surface area contributed by atoms with E-state index in [0.717, 1.165) is 22.7 Å². The molecule has 0 unspecified atom stereocenters. The van der Waals surface area contributed by atoms with Gasteiger partial charge in [-0.25, -0.2) is 0 Å². The summed E-state index contributed by atoms with van der Waals surface area (Å²) in [6.45, 7) is 0. The van der Waals surface area contributed by atoms with Gasteiger partial charge in [-0.3, -0.25) is 0 Å². The second kappa shape index (κ2) is 14.1. The highest BCUT2D eigenvalue weighted by atomic mass is 15.1. The zero-order valence-corrected chi connectivity index (χ0v) is 31.8. The predicted molar refractivity (Wildman–Crippen MR) is 247 cm³/mol. The minimum absolute atomic E-state index is 1.10. The average Bonchev–Trinajstić information content (AvgIpc) is 3.64. The van der Waals surface area contributed by atoms with Crippen molar-refractivity contribution >= 4 is 60.4 Å². The number of nitrogens with zero attached hydrogens (tertiary/aromatic N) is 2. The summed E-state index contributed by atoms with van der Waals surface area (Å²) in [4.78, 5) is 2.35. The summed E-state index contributed by atoms with van der Waals surface area (Å²) in [6, 6.07) is 83.5. The van der Waals surface area contributed by atoms with Crippen molar-refractivity contribution < 1.29 is 0 Å². The van der Waals surface area contributed by atoms with Crippen LogP contribution in [0.2, 0.25) is 0 Å². The van der Waals surface area contributed by atoms with Crippen molar-refractivity contribution in [2.24, 2.45) is 0 Å². The summed E-state index contributed by atoms with van der Waals surface area (Å²) in [7, 11) is 0. The van der Waals surface area contributed by atoms with Gasteiger partial charge in [0.25, 0.3) is 0 Å². The summed E-state index contributed by atoms with van der Waals surface area (Å²) >= 11 is 0. The molecule has 0 radical (unpaired) electrons. The molecule has 11 rings (SSSR count). The van der Waals surface area contributed by atoms with Gasteiger partial charge in [-0.2, -0.15) is 0 Å². The van der Waals surface area contributed by atoms with E-state index < -0.39 is 0 Å². The molecule has 1 heterocycles. The van der Waals surface area contributed by atoms with Crippen LogP contribution in [-0.2, 0) is 0 Å². The molecule has 0 N–H and O–H groups in total. The molecule has 0 spiro atoms. The smallest absolute Gasteiger partial charge is 0.0541 e. The molecule has 0 saturated heterocycles. The molecule has 0 fully saturated rings. The van der Waals surface area contributed by atoms with Crippen LogP contribution in [0.1, 0.15) is 0 Å². The Hall–Kier alpha value is -7.68. The van der Waals surface area contributed by atoms with Gasteiger partial charge >= 0.3 is 0 Å². The molecule has 58 heavy (non-hydrogen) atoms. The molecule has 0 bridgehead atoms. The molecule has 0 saturated carbocycles. The highest BCUT2D eigenvalue weighted by Crippen LogP contribution is 2.47. The maximum atomic E-state index is 2.37. The van der Waals surface area contributed by atoms with Gasteiger partial charge in [-0.05, 0) is 116 Å². The lowest BCUT2D eigenvalue weighted by Crippen LogP contribution is -2.10. The summed E-state index contributed by atoms with van der Waals surface area (Å²) in [5.41, 5.74) is 14.2. The maximum absolute atomic E-state index is 2.37. The number of hydrogen-bond donors (Lipinski definition) is 0. The number of anilines is 3. The lowest BCUT2D eigenvalue weighted by Gasteiger charge is -2.26. The molecule has 0 amide bonds. The second-order valence-electron chi connectivity index (χ2n) is 14.9. The zero-order chi connectivity index (χ0) is 38.4. The Bertz CT molecular complexity index is 3180. The van der Waals surface area contributed by atoms with Crippen LogP contribution in [0, 0.1) is 0 Å². The third kappa shape index (κ3) is 5.57. The van der Waals surface area contributed by atoms with Gasteiger partial charge in [-0.1, -0.05) is 170 Å². The number of rotatable bonds is 7. The molecule has 2 heteroatoms. The van der Waals surface area contributed by atoms with E-state index in [2.05, 4.69) is 240 Å². The number of benzene rings is 10. The molecule has 0 atom stereocenters. The molecule has 2 nitrogen and oxygen atoms in total. The molecular formula is C56H38N2. The minimum atomic E-state index is 1.10. The van der Waals surface area contributed by atoms with Crippen LogP contribution in [0.25, 0.3) is 82.4 Å². The topological polar surface area (TPSA) is 8.17 Å². The van der Waals surface area contributed by atoms with E-state index >= 15 is 0 Å². The molecule has 11 aromatic rings. The number of hydrogen-bond acceptors (Lipinski definition) is 1. The molecule has 0 aliphatic carbocycles. The van der Waals surface area contributed by atoms with E-state index in [1.54, 1.807) is 0 Å². The maximum Gasteiger partial charge on any atom is 0.0541 e. The van der Waals surface area contributed by atoms with E-state index in [-0.39, 0.29) is 0 Å². The lowest BCUT2D eigenvalue weighted by atomic mass is 9.83. The van der Waals surface area contributed by atoms with E-state index in [1.165, 1.54) is 76.7 Å². The van der Waals surface area contributed by atoms with Crippen molar-refractivity contribution in [3.05, 3.63) is 231 Å². The fraction of sp³-hybridized carbons (Fsp3) is 0. The normalized spacial score (nSPS) is 11.4. The Morgan fingerprint density at radius 3 is 1.29 bits per heavy atom. The van der Waals surface area contributed by atoms with Crippen LogP contribution in [0.4, 0.5) is 17.1 Å². The standard InChI is InChI=1S/C56H38N2/c1-4-17-40(18-5-1)54-49-25-10-11-26-50(49)55(41-19-6-2-7-20-41)56-46(27-16-28-51(54)56)39-31-33-43(34-32-39)57(42-21-8-3-9-22-42)44-35-37-45(38-36-44)58-52-29-14-12-23-47(52)48-24-13-15-30-53(48)58/h1-38H. The predicted octanol–water partition coefficient (Wildman–Crippen LogP) is 15.6. The van der Waals surface area contributed by atoms with Crippen molar-refractivity contribution in [1.82, 2.24) is 4.57 Å². The number of para-hydroxylation sites is 3. The third-order valence-electron chi connectivity index (χ3n) is 11.6. The van der Waals surface area contributed by atoms with Gasteiger partial charge in [0, 0.05) is 33.5 Å². The van der Waals surface area contributed by atoms with Crippen molar-refractivity contribution in [2.75, 3.05) is 4.90 Å². The van der Waals surface area contributed by atoms with Gasteiger partial charge in [0.2, 0.25) is 0 Å². The Labute approximate surface area is 338 Å². The first-order chi connectivity index (χ1) is 28.8. The Morgan fingerprint density at radius 2 is 0.707 bits per heavy atom. The van der Waals surface area contributed by atoms with Crippen molar-refractivity contribution in [1.29, 1.82) is 0 Å². The summed E-state index contributed by atoms with van der Waals surface area (Å²) in [5, 5.41) is 7.55. The van der Waals surface area contributed by atoms with Gasteiger partial charge in [0.05, 0.1) is 11.0 Å². The fourth-order valence-electron chi connectivity index (χ4n) is 9.06. The Balaban J connectivity index is 1.06. The first kappa shape index (κ1) is 33.6. The molecule has 0 aliphatic rings. The molecule has 272 valence electrons. The molecular weight excluding hydrogens is 701 g/mol. The first-order valence-electron chi connectivity index (χ1n) is 19.9. The van der Waals surface area contributed by atoms with E-state index in [1.807, 2.05) is 0 Å². The minimum Gasteiger partial charge on any atom is -0.311 e. The van der Waals surface area contributed by atoms with Crippen LogP contribution in [0.3, 0.4) is 0 Å². The third-order valence-corrected chi connectivity index (χ3v) is 11.6. The van der Waals surface area contributed by atoms with Crippen LogP contribution < -0.4 is 4.90 Å². The van der Waals surface area contributed by atoms with Gasteiger partial charge < -0.3 is 9.47 Å². The van der Waals surface area contributed by atoms with Gasteiger partial charge in [-0.15, -0.1) is 0 Å². The van der Waals surface area contributed by atoms with E-state index in [4.69, 9.17) is 0 Å². The SMILES string of the molecule is c1ccc(-c2c3ccccc3c(-c3ccccc3)c3c(-c4ccc(N(c5ccccc5)c5ccc(-n6c7ccccc7c7ccccc76)cc5)cc4)cccc23)cc1. The molecule has 10 aromatic carbocycles. The van der Waals surface area contributed by atoms with Crippen molar-refractivity contribution in [3.8, 4) is 39.1 Å². The summed E-state index contributed by atoms with van der Waals surface area (Å²) in [5.74, 6) is 0. The van der Waals surface area contributed by atoms with Crippen LogP contribution in [0.5, 0.6) is 0 Å². The monoisotopic (exact) mass is 738 g/mol. The quantitative estimate of drug-likeness (QED) is 0.148. The van der Waals surface area contributed by atoms with Crippen LogP contribution in [-0.4, -0.2) is 4.57 Å². The van der Waals surface area contributed by atoms with Crippen LogP contribution in [0.15, 0.2) is 231 Å². The largest absolute Gasteiger partial charge is 0.311 e. The van der Waals surface area contributed by atoms with Crippen LogP contribution >= 0.6 is 0 Å². The first-order valence-corrected chi connectivity index (χ1v) is 19.9. The van der Waals surface area contributed by atoms with Crippen molar-refractivity contribution in [2.45, 2.75) is 0 Å². The summed E-state index contributed by atoms with van der Waals surface area (Å²) < 4.78 is 2.37. The van der Waals surface area contributed by atoms with E-state index in [0.29, 0.717) is 0 Å². The highest BCUT2D eigenvalue weighted by molar-refractivity contribution is 6.24. The number of fused-ring (bicyclic) bond motifs is 5. The van der Waals surface area contributed by atoms with E-state index in [9.17, 15) is 0 Å². The zero-order valence-electron chi connectivity index (χ0n) is 31.8. The Morgan fingerprint density at radius 1 is 0.276 bits per heavy atom. The molecule has 1 aromatic heterocycles. The van der Waals surface area contributed by atoms with Gasteiger partial charge in [0.1, 0.15) is 0 Å². The van der Waals surface area contributed by atoms with Gasteiger partial charge in [0.15, 0.2) is 0 Å².